The molecule has 94 valence electrons. The molecule has 0 radical (unpaired) electrons. The summed E-state index contributed by atoms with van der Waals surface area (Å²) in [5.74, 6) is 0.376. The lowest BCUT2D eigenvalue weighted by Gasteiger charge is -2.06. The van der Waals surface area contributed by atoms with E-state index in [9.17, 15) is 4.39 Å². The smallest absolute Gasteiger partial charge is 0.168 e. The van der Waals surface area contributed by atoms with Crippen LogP contribution in [0, 0.1) is 5.82 Å². The van der Waals surface area contributed by atoms with E-state index in [4.69, 9.17) is 0 Å². The van der Waals surface area contributed by atoms with Crippen molar-refractivity contribution in [2.75, 3.05) is 0 Å². The summed E-state index contributed by atoms with van der Waals surface area (Å²) in [4.78, 5) is 0. The quantitative estimate of drug-likeness (QED) is 0.719. The van der Waals surface area contributed by atoms with Crippen molar-refractivity contribution in [3.8, 4) is 17.1 Å². The molecule has 0 bridgehead atoms. The number of halogens is 2. The highest BCUT2D eigenvalue weighted by Crippen LogP contribution is 2.25. The second-order valence-electron chi connectivity index (χ2n) is 3.99. The van der Waals surface area contributed by atoms with Crippen LogP contribution in [0.2, 0.25) is 0 Å². The van der Waals surface area contributed by atoms with E-state index in [0.29, 0.717) is 10.3 Å². The van der Waals surface area contributed by atoms with Gasteiger partial charge in [0.25, 0.3) is 0 Å². The van der Waals surface area contributed by atoms with Crippen LogP contribution in [0.3, 0.4) is 0 Å². The molecular weight excluding hydrogens is 309 g/mol. The molecule has 0 amide bonds. The molecule has 0 N–H and O–H groups in total. The predicted octanol–water partition coefficient (Wildman–Crippen LogP) is 3.84. The van der Waals surface area contributed by atoms with Gasteiger partial charge in [-0.3, -0.25) is 4.57 Å². The van der Waals surface area contributed by atoms with Gasteiger partial charge in [-0.15, -0.1) is 10.2 Å². The molecule has 0 saturated heterocycles. The number of para-hydroxylation sites is 1. The number of rotatable bonds is 2. The van der Waals surface area contributed by atoms with Gasteiger partial charge in [0.05, 0.1) is 4.47 Å². The molecule has 19 heavy (non-hydrogen) atoms. The Morgan fingerprint density at radius 1 is 1.05 bits per heavy atom. The first-order chi connectivity index (χ1) is 9.25. The highest BCUT2D eigenvalue weighted by atomic mass is 79.9. The SMILES string of the molecule is Fc1ccc(-c2nncn2-c2ccccc2)cc1Br. The van der Waals surface area contributed by atoms with Crippen molar-refractivity contribution in [1.29, 1.82) is 0 Å². The maximum Gasteiger partial charge on any atom is 0.168 e. The zero-order valence-corrected chi connectivity index (χ0v) is 11.4. The minimum Gasteiger partial charge on any atom is -0.282 e. The topological polar surface area (TPSA) is 30.7 Å². The third-order valence-electron chi connectivity index (χ3n) is 2.76. The molecule has 0 unspecified atom stereocenters. The molecule has 3 rings (SSSR count). The van der Waals surface area contributed by atoms with Crippen LogP contribution in [0.4, 0.5) is 4.39 Å². The van der Waals surface area contributed by atoms with Gasteiger partial charge in [-0.25, -0.2) is 4.39 Å². The molecule has 5 heteroatoms. The van der Waals surface area contributed by atoms with Crippen LogP contribution in [-0.4, -0.2) is 14.8 Å². The highest BCUT2D eigenvalue weighted by Gasteiger charge is 2.10. The van der Waals surface area contributed by atoms with E-state index < -0.39 is 0 Å². The Labute approximate surface area is 117 Å². The predicted molar refractivity (Wildman–Crippen MR) is 74.5 cm³/mol. The molecule has 3 aromatic rings. The Morgan fingerprint density at radius 2 is 1.84 bits per heavy atom. The number of benzene rings is 2. The van der Waals surface area contributed by atoms with E-state index in [2.05, 4.69) is 26.1 Å². The van der Waals surface area contributed by atoms with E-state index in [1.165, 1.54) is 6.07 Å². The van der Waals surface area contributed by atoms with Gasteiger partial charge in [-0.2, -0.15) is 0 Å². The summed E-state index contributed by atoms with van der Waals surface area (Å²) in [5, 5.41) is 8.03. The van der Waals surface area contributed by atoms with Crippen LogP contribution >= 0.6 is 15.9 Å². The average molecular weight is 318 g/mol. The van der Waals surface area contributed by atoms with Gasteiger partial charge in [0, 0.05) is 11.3 Å². The number of hydrogen-bond acceptors (Lipinski definition) is 2. The van der Waals surface area contributed by atoms with E-state index in [-0.39, 0.29) is 5.82 Å². The first-order valence-electron chi connectivity index (χ1n) is 5.66. The van der Waals surface area contributed by atoms with Crippen LogP contribution in [0.1, 0.15) is 0 Å². The highest BCUT2D eigenvalue weighted by molar-refractivity contribution is 9.10. The van der Waals surface area contributed by atoms with Crippen molar-refractivity contribution in [3.05, 3.63) is 65.1 Å². The summed E-state index contributed by atoms with van der Waals surface area (Å²) in [6, 6.07) is 14.5. The first-order valence-corrected chi connectivity index (χ1v) is 6.46. The van der Waals surface area contributed by atoms with Crippen molar-refractivity contribution < 1.29 is 4.39 Å². The standard InChI is InChI=1S/C14H9BrFN3/c15-12-8-10(6-7-13(12)16)14-18-17-9-19(14)11-4-2-1-3-5-11/h1-9H. The minimum absolute atomic E-state index is 0.297. The zero-order chi connectivity index (χ0) is 13.2. The Balaban J connectivity index is 2.12. The Hall–Kier alpha value is -2.01. The molecule has 0 aliphatic heterocycles. The molecule has 0 aliphatic carbocycles. The van der Waals surface area contributed by atoms with E-state index >= 15 is 0 Å². The van der Waals surface area contributed by atoms with Crippen molar-refractivity contribution in [2.24, 2.45) is 0 Å². The van der Waals surface area contributed by atoms with Gasteiger partial charge in [0.2, 0.25) is 0 Å². The molecule has 2 aromatic carbocycles. The maximum atomic E-state index is 13.3. The van der Waals surface area contributed by atoms with Gasteiger partial charge in [0.1, 0.15) is 12.1 Å². The first kappa shape index (κ1) is 12.0. The van der Waals surface area contributed by atoms with Crippen molar-refractivity contribution in [3.63, 3.8) is 0 Å². The van der Waals surface area contributed by atoms with E-state index in [0.717, 1.165) is 11.3 Å². The molecule has 0 fully saturated rings. The third kappa shape index (κ3) is 2.29. The normalized spacial score (nSPS) is 10.6. The van der Waals surface area contributed by atoms with Crippen molar-refractivity contribution in [2.45, 2.75) is 0 Å². The van der Waals surface area contributed by atoms with Gasteiger partial charge < -0.3 is 0 Å². The van der Waals surface area contributed by atoms with Gasteiger partial charge >= 0.3 is 0 Å². The number of aromatic nitrogens is 3. The fourth-order valence-electron chi connectivity index (χ4n) is 1.84. The van der Waals surface area contributed by atoms with Crippen LogP contribution < -0.4 is 0 Å². The third-order valence-corrected chi connectivity index (χ3v) is 3.37. The van der Waals surface area contributed by atoms with Crippen molar-refractivity contribution in [1.82, 2.24) is 14.8 Å². The molecule has 0 spiro atoms. The summed E-state index contributed by atoms with van der Waals surface area (Å²) < 4.78 is 15.5. The van der Waals surface area contributed by atoms with Gasteiger partial charge in [0.15, 0.2) is 5.82 Å². The molecular formula is C14H9BrFN3. The molecule has 0 saturated carbocycles. The van der Waals surface area contributed by atoms with E-state index in [1.54, 1.807) is 18.5 Å². The molecule has 3 nitrogen and oxygen atoms in total. The molecule has 1 heterocycles. The summed E-state index contributed by atoms with van der Waals surface area (Å²) >= 11 is 3.18. The molecule has 0 atom stereocenters. The zero-order valence-electron chi connectivity index (χ0n) is 9.79. The minimum atomic E-state index is -0.297. The van der Waals surface area contributed by atoms with Crippen LogP contribution in [-0.2, 0) is 0 Å². The Morgan fingerprint density at radius 3 is 2.58 bits per heavy atom. The summed E-state index contributed by atoms with van der Waals surface area (Å²) in [5.41, 5.74) is 1.76. The van der Waals surface area contributed by atoms with Gasteiger partial charge in [-0.1, -0.05) is 18.2 Å². The summed E-state index contributed by atoms with van der Waals surface area (Å²) in [6.45, 7) is 0. The Kier molecular flexibility index (Phi) is 3.13. The number of hydrogen-bond donors (Lipinski definition) is 0. The van der Waals surface area contributed by atoms with Crippen LogP contribution in [0.15, 0.2) is 59.3 Å². The fraction of sp³-hybridized carbons (Fsp3) is 0. The van der Waals surface area contributed by atoms with Crippen LogP contribution in [0.25, 0.3) is 17.1 Å². The van der Waals surface area contributed by atoms with E-state index in [1.807, 2.05) is 34.9 Å². The lowest BCUT2D eigenvalue weighted by Crippen LogP contribution is -1.96. The molecule has 1 aromatic heterocycles. The summed E-state index contributed by atoms with van der Waals surface area (Å²) in [7, 11) is 0. The Bertz CT molecular complexity index is 710. The second kappa shape index (κ2) is 4.93. The average Bonchev–Trinajstić information content (AvgIpc) is 2.92. The largest absolute Gasteiger partial charge is 0.282 e. The second-order valence-corrected chi connectivity index (χ2v) is 4.84. The monoisotopic (exact) mass is 317 g/mol. The summed E-state index contributed by atoms with van der Waals surface area (Å²) in [6.07, 6.45) is 1.64. The lowest BCUT2D eigenvalue weighted by atomic mass is 10.2. The van der Waals surface area contributed by atoms with Gasteiger partial charge in [-0.05, 0) is 46.3 Å². The fourth-order valence-corrected chi connectivity index (χ4v) is 2.22. The van der Waals surface area contributed by atoms with Crippen LogP contribution in [0.5, 0.6) is 0 Å². The maximum absolute atomic E-state index is 13.3. The molecule has 0 aliphatic rings. The lowest BCUT2D eigenvalue weighted by molar-refractivity contribution is 0.621. The van der Waals surface area contributed by atoms with Crippen molar-refractivity contribution >= 4 is 15.9 Å². The number of nitrogens with zero attached hydrogens (tertiary/aromatic N) is 3.